The fraction of sp³-hybridized carbons (Fsp3) is 0.536. The smallest absolute Gasteiger partial charge is 0.329 e. The molecule has 7 fully saturated rings. The summed E-state index contributed by atoms with van der Waals surface area (Å²) in [6.07, 6.45) is 12.3. The molecule has 3 aromatic carbocycles. The van der Waals surface area contributed by atoms with E-state index in [4.69, 9.17) is 19.4 Å². The molecule has 3 aromatic heterocycles. The fourth-order valence-electron chi connectivity index (χ4n) is 13.7. The van der Waals surface area contributed by atoms with Crippen LogP contribution in [-0.2, 0) is 27.8 Å². The Labute approximate surface area is 427 Å². The molecule has 2 saturated carbocycles. The average Bonchev–Trinajstić information content (AvgIpc) is 4.11. The first-order valence-electron chi connectivity index (χ1n) is 26.9. The van der Waals surface area contributed by atoms with Gasteiger partial charge in [0.05, 0.1) is 35.2 Å². The minimum absolute atomic E-state index is 0.0166. The Morgan fingerprint density at radius 3 is 2.42 bits per heavy atom. The number of benzene rings is 3. The quantitative estimate of drug-likeness (QED) is 0.128. The molecule has 18 heteroatoms. The number of nitrogens with zero attached hydrogens (tertiary/aromatic N) is 9. The second-order valence-electron chi connectivity index (χ2n) is 22.8. The maximum absolute atomic E-state index is 17.3. The summed E-state index contributed by atoms with van der Waals surface area (Å²) in [5, 5.41) is 14.8. The van der Waals surface area contributed by atoms with Gasteiger partial charge in [-0.15, -0.1) is 0 Å². The molecule has 6 aromatic rings. The van der Waals surface area contributed by atoms with E-state index < -0.39 is 23.6 Å². The Morgan fingerprint density at radius 2 is 1.69 bits per heavy atom. The number of piperazine rings is 1. The van der Waals surface area contributed by atoms with Crippen molar-refractivity contribution in [2.45, 2.75) is 102 Å². The number of amides is 2. The van der Waals surface area contributed by atoms with Crippen molar-refractivity contribution >= 4 is 56.0 Å². The number of carbonyl (C=O) groups excluding carboxylic acids is 2. The maximum Gasteiger partial charge on any atom is 0.329 e. The molecule has 0 bridgehead atoms. The molecule has 388 valence electrons. The van der Waals surface area contributed by atoms with Crippen LogP contribution in [0.1, 0.15) is 89.2 Å². The summed E-state index contributed by atoms with van der Waals surface area (Å²) in [6, 6.07) is 12.1. The van der Waals surface area contributed by atoms with E-state index in [1.54, 1.807) is 29.9 Å². The van der Waals surface area contributed by atoms with Gasteiger partial charge in [0.2, 0.25) is 11.8 Å². The highest BCUT2D eigenvalue weighted by atomic mass is 19.1. The monoisotopic (exact) mass is 1010 g/mol. The van der Waals surface area contributed by atoms with Gasteiger partial charge < -0.3 is 29.3 Å². The van der Waals surface area contributed by atoms with Gasteiger partial charge in [-0.2, -0.15) is 9.97 Å². The summed E-state index contributed by atoms with van der Waals surface area (Å²) in [5.74, 6) is -1.29. The molecule has 0 radical (unpaired) electrons. The van der Waals surface area contributed by atoms with Crippen molar-refractivity contribution in [3.05, 3.63) is 76.3 Å². The molecule has 16 nitrogen and oxygen atoms in total. The lowest BCUT2D eigenvalue weighted by Crippen LogP contribution is -2.59. The normalized spacial score (nSPS) is 24.2. The molecule has 2 spiro atoms. The third-order valence-corrected chi connectivity index (χ3v) is 18.3. The van der Waals surface area contributed by atoms with Crippen LogP contribution >= 0.6 is 0 Å². The van der Waals surface area contributed by atoms with Crippen molar-refractivity contribution in [2.75, 3.05) is 81.9 Å². The summed E-state index contributed by atoms with van der Waals surface area (Å²) in [5.41, 5.74) is 3.21. The molecule has 2 amide bonds. The molecule has 74 heavy (non-hydrogen) atoms. The topological polar surface area (TPSA) is 163 Å². The number of ether oxygens (including phenoxy) is 2. The Balaban J connectivity index is 0.656. The zero-order chi connectivity index (χ0) is 50.7. The van der Waals surface area contributed by atoms with Crippen molar-refractivity contribution in [1.82, 2.24) is 39.2 Å². The number of aromatic hydroxyl groups is 1. The van der Waals surface area contributed by atoms with Gasteiger partial charge in [0.25, 0.3) is 0 Å². The van der Waals surface area contributed by atoms with Crippen LogP contribution in [0.15, 0.2) is 53.5 Å². The van der Waals surface area contributed by atoms with Gasteiger partial charge in [-0.1, -0.05) is 13.0 Å². The van der Waals surface area contributed by atoms with E-state index >= 15 is 8.78 Å². The van der Waals surface area contributed by atoms with Crippen LogP contribution in [0.4, 0.5) is 20.3 Å². The lowest BCUT2D eigenvalue weighted by molar-refractivity contribution is -0.151. The molecule has 5 saturated heterocycles. The molecule has 5 aliphatic heterocycles. The Morgan fingerprint density at radius 1 is 0.892 bits per heavy atom. The van der Waals surface area contributed by atoms with Crippen molar-refractivity contribution in [3.8, 4) is 23.0 Å². The standard InChI is InChI=1S/C56H64F2N10O6/c1-3-38-41(57)7-5-34-25-37(69)27-39(46(34)38)48-47(58)49-40(30-59-48)50(67-17-4-11-56(32-67)16-24-74-56)62-52(61-49)73-33-55(12-13-55)31-64-18-14-54(15-19-64)28-36(29-54)66-22-20-65(21-23-66)35-6-8-42-44(26-35)63(2)53(72)68(42)43-9-10-45(70)60-51(43)71/h5-8,25-27,30,36,43,69H,3-4,9-24,28-29,31-33H2,1-2H3,(H,60,70,71)/t43?,56-/m0/s1. The van der Waals surface area contributed by atoms with Crippen LogP contribution < -0.4 is 25.5 Å². The molecule has 2 atom stereocenters. The largest absolute Gasteiger partial charge is 0.508 e. The highest BCUT2D eigenvalue weighted by Gasteiger charge is 2.51. The second-order valence-corrected chi connectivity index (χ2v) is 22.8. The summed E-state index contributed by atoms with van der Waals surface area (Å²) in [7, 11) is 1.74. The number of fused-ring (bicyclic) bond motifs is 3. The number of imidazole rings is 1. The SMILES string of the molecule is CCc1c(F)ccc2cc(O)cc(-c3ncc4c(N5CCC[C@]6(CCO6)C5)nc(OCC5(CN6CCC7(CC6)CC(N6CCN(c8ccc9c(c8)n(C)c(=O)n9C8CCC(=O)NC8=O)CC6)C7)CC5)nc4c3F)c12. The average molecular weight is 1010 g/mol. The summed E-state index contributed by atoms with van der Waals surface area (Å²) in [4.78, 5) is 62.1. The van der Waals surface area contributed by atoms with E-state index in [9.17, 15) is 19.5 Å². The number of rotatable bonds is 11. The van der Waals surface area contributed by atoms with Crippen LogP contribution in [0.3, 0.4) is 0 Å². The number of likely N-dealkylation sites (tertiary alicyclic amines) is 1. The Hall–Kier alpha value is -6.24. The van der Waals surface area contributed by atoms with E-state index in [2.05, 4.69) is 42.0 Å². The lowest BCUT2D eigenvalue weighted by atomic mass is 9.60. The molecular weight excluding hydrogens is 947 g/mol. The maximum atomic E-state index is 17.3. The van der Waals surface area contributed by atoms with Crippen LogP contribution in [-0.4, -0.2) is 135 Å². The predicted molar refractivity (Wildman–Crippen MR) is 277 cm³/mol. The first-order valence-corrected chi connectivity index (χ1v) is 26.9. The zero-order valence-electron chi connectivity index (χ0n) is 42.3. The van der Waals surface area contributed by atoms with E-state index in [0.717, 1.165) is 102 Å². The van der Waals surface area contributed by atoms with E-state index in [1.165, 1.54) is 42.4 Å². The number of aryl methyl sites for hydroxylation is 2. The highest BCUT2D eigenvalue weighted by molar-refractivity contribution is 6.02. The third-order valence-electron chi connectivity index (χ3n) is 18.3. The number of pyridine rings is 1. The zero-order valence-corrected chi connectivity index (χ0v) is 42.3. The van der Waals surface area contributed by atoms with Crippen LogP contribution in [0.25, 0.3) is 44.0 Å². The number of nitrogens with one attached hydrogen (secondary N) is 1. The van der Waals surface area contributed by atoms with Gasteiger partial charge in [0.15, 0.2) is 5.82 Å². The number of hydrogen-bond donors (Lipinski definition) is 2. The highest BCUT2D eigenvalue weighted by Crippen LogP contribution is 2.53. The van der Waals surface area contributed by atoms with Gasteiger partial charge in [-0.25, -0.2) is 13.6 Å². The van der Waals surface area contributed by atoms with Gasteiger partial charge in [-0.05, 0) is 135 Å². The van der Waals surface area contributed by atoms with Crippen LogP contribution in [0.5, 0.6) is 11.8 Å². The van der Waals surface area contributed by atoms with Gasteiger partial charge in [0.1, 0.15) is 34.6 Å². The summed E-state index contributed by atoms with van der Waals surface area (Å²) >= 11 is 0. The lowest BCUT2D eigenvalue weighted by Gasteiger charge is -2.56. The number of aromatic nitrogens is 5. The summed E-state index contributed by atoms with van der Waals surface area (Å²) in [6.45, 7) is 11.2. The number of phenols is 1. The number of piperidine rings is 3. The van der Waals surface area contributed by atoms with Crippen LogP contribution in [0.2, 0.25) is 0 Å². The minimum atomic E-state index is -0.700. The van der Waals surface area contributed by atoms with Gasteiger partial charge in [0, 0.05) is 94.6 Å². The molecule has 8 heterocycles. The third kappa shape index (κ3) is 8.17. The molecule has 7 aliphatic rings. The molecule has 1 unspecified atom stereocenters. The Kier molecular flexibility index (Phi) is 11.5. The molecule has 2 N–H and O–H groups in total. The van der Waals surface area contributed by atoms with Crippen molar-refractivity contribution in [2.24, 2.45) is 17.9 Å². The minimum Gasteiger partial charge on any atom is -0.508 e. The number of imide groups is 1. The molecular formula is C56H64F2N10O6. The predicted octanol–water partition coefficient (Wildman–Crippen LogP) is 7.01. The summed E-state index contributed by atoms with van der Waals surface area (Å²) < 4.78 is 48.3. The van der Waals surface area contributed by atoms with Crippen molar-refractivity contribution in [3.63, 3.8) is 0 Å². The van der Waals surface area contributed by atoms with Crippen molar-refractivity contribution in [1.29, 1.82) is 0 Å². The number of hydrogen-bond acceptors (Lipinski definition) is 13. The number of phenolic OH excluding ortho intramolecular Hbond substituents is 1. The second kappa shape index (κ2) is 18.0. The first kappa shape index (κ1) is 47.5. The number of carbonyl (C=O) groups is 2. The van der Waals surface area contributed by atoms with Gasteiger partial charge >= 0.3 is 11.7 Å². The number of halogens is 2. The van der Waals surface area contributed by atoms with E-state index in [1.807, 2.05) is 13.0 Å². The van der Waals surface area contributed by atoms with Gasteiger partial charge in [-0.3, -0.25) is 33.9 Å². The fourth-order valence-corrected chi connectivity index (χ4v) is 13.7. The van der Waals surface area contributed by atoms with E-state index in [0.29, 0.717) is 76.1 Å². The number of anilines is 2. The molecule has 2 aliphatic carbocycles. The van der Waals surface area contributed by atoms with Crippen molar-refractivity contribution < 1.29 is 33.0 Å². The van der Waals surface area contributed by atoms with E-state index in [-0.39, 0.29) is 52.0 Å². The molecule has 13 rings (SSSR count). The first-order chi connectivity index (χ1) is 35.8. The Bertz CT molecular complexity index is 3310. The van der Waals surface area contributed by atoms with Crippen LogP contribution in [0, 0.1) is 22.5 Å².